The Balaban J connectivity index is 3.29. The predicted molar refractivity (Wildman–Crippen MR) is 48.3 cm³/mol. The Morgan fingerprint density at radius 1 is 1.41 bits per heavy atom. The SMILES string of the molecule is O=c1[nH]c(C(F)F)c(OC(F)(F)F)cc1CCl. The minimum atomic E-state index is -5.13. The van der Waals surface area contributed by atoms with E-state index in [4.69, 9.17) is 11.6 Å². The molecular weight excluding hydrogens is 273 g/mol. The Labute approximate surface area is 96.2 Å². The van der Waals surface area contributed by atoms with Gasteiger partial charge in [0.05, 0.1) is 5.88 Å². The summed E-state index contributed by atoms with van der Waals surface area (Å²) >= 11 is 5.26. The summed E-state index contributed by atoms with van der Waals surface area (Å²) in [6, 6.07) is 0.542. The molecule has 0 aromatic carbocycles. The molecule has 0 bridgehead atoms. The number of aromatic nitrogens is 1. The van der Waals surface area contributed by atoms with Crippen molar-refractivity contribution >= 4 is 11.6 Å². The second-order valence-electron chi connectivity index (χ2n) is 2.88. The molecule has 1 N–H and O–H groups in total. The molecule has 1 aromatic heterocycles. The maximum absolute atomic E-state index is 12.4. The van der Waals surface area contributed by atoms with Crippen molar-refractivity contribution in [1.29, 1.82) is 0 Å². The first-order valence-corrected chi connectivity index (χ1v) is 4.64. The van der Waals surface area contributed by atoms with E-state index in [2.05, 4.69) is 4.74 Å². The van der Waals surface area contributed by atoms with Crippen LogP contribution in [0.5, 0.6) is 5.75 Å². The number of hydrogen-bond donors (Lipinski definition) is 1. The summed E-state index contributed by atoms with van der Waals surface area (Å²) < 4.78 is 63.9. The molecule has 0 atom stereocenters. The number of rotatable bonds is 3. The number of pyridine rings is 1. The lowest BCUT2D eigenvalue weighted by Crippen LogP contribution is -2.22. The van der Waals surface area contributed by atoms with Gasteiger partial charge in [0.1, 0.15) is 5.69 Å². The molecule has 0 saturated heterocycles. The van der Waals surface area contributed by atoms with Crippen LogP contribution in [-0.2, 0) is 5.88 Å². The number of nitrogens with one attached hydrogen (secondary N) is 1. The zero-order chi connectivity index (χ0) is 13.2. The molecule has 96 valence electrons. The van der Waals surface area contributed by atoms with Crippen LogP contribution in [0.4, 0.5) is 22.0 Å². The molecule has 0 aliphatic rings. The van der Waals surface area contributed by atoms with Crippen molar-refractivity contribution in [3.05, 3.63) is 27.7 Å². The molecule has 1 aromatic rings. The average molecular weight is 278 g/mol. The number of ether oxygens (including phenoxy) is 1. The van der Waals surface area contributed by atoms with Crippen molar-refractivity contribution in [3.8, 4) is 5.75 Å². The summed E-state index contributed by atoms with van der Waals surface area (Å²) in [5.74, 6) is -1.59. The number of H-pyrrole nitrogens is 1. The summed E-state index contributed by atoms with van der Waals surface area (Å²) in [6.45, 7) is 0. The van der Waals surface area contributed by atoms with Crippen molar-refractivity contribution in [1.82, 2.24) is 4.98 Å². The predicted octanol–water partition coefficient (Wildman–Crippen LogP) is 2.95. The minimum absolute atomic E-state index is 0.296. The van der Waals surface area contributed by atoms with Crippen molar-refractivity contribution in [2.45, 2.75) is 18.7 Å². The van der Waals surface area contributed by atoms with Gasteiger partial charge in [0.25, 0.3) is 12.0 Å². The van der Waals surface area contributed by atoms with E-state index >= 15 is 0 Å². The van der Waals surface area contributed by atoms with Crippen molar-refractivity contribution in [3.63, 3.8) is 0 Å². The van der Waals surface area contributed by atoms with Crippen molar-refractivity contribution in [2.24, 2.45) is 0 Å². The third-order valence-corrected chi connectivity index (χ3v) is 1.99. The molecule has 3 nitrogen and oxygen atoms in total. The summed E-state index contributed by atoms with van der Waals surface area (Å²) in [7, 11) is 0. The van der Waals surface area contributed by atoms with Gasteiger partial charge < -0.3 is 9.72 Å². The third-order valence-electron chi connectivity index (χ3n) is 1.70. The molecule has 0 spiro atoms. The molecule has 1 rings (SSSR count). The van der Waals surface area contributed by atoms with Gasteiger partial charge in [-0.1, -0.05) is 0 Å². The van der Waals surface area contributed by atoms with Crippen LogP contribution in [0.15, 0.2) is 10.9 Å². The second-order valence-corrected chi connectivity index (χ2v) is 3.15. The van der Waals surface area contributed by atoms with E-state index < -0.39 is 35.7 Å². The highest BCUT2D eigenvalue weighted by molar-refractivity contribution is 6.17. The number of aromatic amines is 1. The maximum Gasteiger partial charge on any atom is 0.573 e. The van der Waals surface area contributed by atoms with Crippen molar-refractivity contribution < 1.29 is 26.7 Å². The van der Waals surface area contributed by atoms with Gasteiger partial charge in [-0.25, -0.2) is 8.78 Å². The van der Waals surface area contributed by atoms with Crippen LogP contribution in [0, 0.1) is 0 Å². The van der Waals surface area contributed by atoms with Gasteiger partial charge in [-0.2, -0.15) is 0 Å². The quantitative estimate of drug-likeness (QED) is 0.682. The Morgan fingerprint density at radius 3 is 2.41 bits per heavy atom. The Hall–Kier alpha value is -1.31. The van der Waals surface area contributed by atoms with Gasteiger partial charge in [0, 0.05) is 5.56 Å². The topological polar surface area (TPSA) is 42.1 Å². The highest BCUT2D eigenvalue weighted by Crippen LogP contribution is 2.31. The lowest BCUT2D eigenvalue weighted by Gasteiger charge is -2.13. The molecule has 0 fully saturated rings. The largest absolute Gasteiger partial charge is 0.573 e. The highest BCUT2D eigenvalue weighted by Gasteiger charge is 2.34. The van der Waals surface area contributed by atoms with Crippen LogP contribution >= 0.6 is 11.6 Å². The first kappa shape index (κ1) is 13.8. The highest BCUT2D eigenvalue weighted by atomic mass is 35.5. The molecule has 0 amide bonds. The molecule has 0 saturated carbocycles. The van der Waals surface area contributed by atoms with E-state index in [0.717, 1.165) is 0 Å². The fourth-order valence-electron chi connectivity index (χ4n) is 1.04. The summed E-state index contributed by atoms with van der Waals surface area (Å²) in [5, 5.41) is 0. The minimum Gasteiger partial charge on any atom is -0.404 e. The molecule has 17 heavy (non-hydrogen) atoms. The second kappa shape index (κ2) is 4.91. The Morgan fingerprint density at radius 2 is 2.00 bits per heavy atom. The van der Waals surface area contributed by atoms with Gasteiger partial charge in [-0.05, 0) is 6.07 Å². The standard InChI is InChI=1S/C8H5ClF5NO2/c9-2-3-1-4(17-8(12,13)14)5(6(10)11)15-7(3)16/h1,6H,2H2,(H,15,16). The smallest absolute Gasteiger partial charge is 0.404 e. The van der Waals surface area contributed by atoms with Crippen LogP contribution in [-0.4, -0.2) is 11.3 Å². The number of alkyl halides is 6. The fourth-order valence-corrected chi connectivity index (χ4v) is 1.23. The average Bonchev–Trinajstić information content (AvgIpc) is 2.17. The summed E-state index contributed by atoms with van der Waals surface area (Å²) in [5.41, 5.74) is -2.51. The van der Waals surface area contributed by atoms with Crippen LogP contribution in [0.1, 0.15) is 17.7 Å². The molecule has 9 heteroatoms. The molecule has 1 heterocycles. The molecule has 0 aliphatic heterocycles. The van der Waals surface area contributed by atoms with Gasteiger partial charge in [-0.15, -0.1) is 24.8 Å². The van der Waals surface area contributed by atoms with Crippen LogP contribution in [0.3, 0.4) is 0 Å². The van der Waals surface area contributed by atoms with Gasteiger partial charge in [-0.3, -0.25) is 4.79 Å². The van der Waals surface area contributed by atoms with Crippen molar-refractivity contribution in [2.75, 3.05) is 0 Å². The Bertz CT molecular complexity index is 456. The van der Waals surface area contributed by atoms with Crippen LogP contribution in [0.25, 0.3) is 0 Å². The molecule has 0 aliphatic carbocycles. The van der Waals surface area contributed by atoms with Gasteiger partial charge >= 0.3 is 6.36 Å². The molecule has 0 radical (unpaired) electrons. The third kappa shape index (κ3) is 3.58. The van der Waals surface area contributed by atoms with Crippen LogP contribution in [0.2, 0.25) is 0 Å². The maximum atomic E-state index is 12.4. The zero-order valence-corrected chi connectivity index (χ0v) is 8.70. The number of hydrogen-bond acceptors (Lipinski definition) is 2. The van der Waals surface area contributed by atoms with E-state index in [1.807, 2.05) is 0 Å². The van der Waals surface area contributed by atoms with E-state index in [0.29, 0.717) is 6.07 Å². The van der Waals surface area contributed by atoms with E-state index in [1.165, 1.54) is 0 Å². The summed E-state index contributed by atoms with van der Waals surface area (Å²) in [6.07, 6.45) is -8.43. The zero-order valence-electron chi connectivity index (χ0n) is 7.95. The number of halogens is 6. The van der Waals surface area contributed by atoms with Crippen LogP contribution < -0.4 is 10.3 Å². The Kier molecular flexibility index (Phi) is 3.97. The van der Waals surface area contributed by atoms with Gasteiger partial charge in [0.2, 0.25) is 0 Å². The molecule has 0 unspecified atom stereocenters. The molecular formula is C8H5ClF5NO2. The van der Waals surface area contributed by atoms with E-state index in [9.17, 15) is 26.7 Å². The van der Waals surface area contributed by atoms with Gasteiger partial charge in [0.15, 0.2) is 5.75 Å². The summed E-state index contributed by atoms with van der Waals surface area (Å²) in [4.78, 5) is 12.7. The normalized spacial score (nSPS) is 11.9. The monoisotopic (exact) mass is 277 g/mol. The lowest BCUT2D eigenvalue weighted by atomic mass is 10.2. The first-order valence-electron chi connectivity index (χ1n) is 4.10. The first-order chi connectivity index (χ1) is 7.74. The van der Waals surface area contributed by atoms with E-state index in [-0.39, 0.29) is 5.56 Å². The lowest BCUT2D eigenvalue weighted by molar-refractivity contribution is -0.275. The fraction of sp³-hybridized carbons (Fsp3) is 0.375. The van der Waals surface area contributed by atoms with E-state index in [1.54, 1.807) is 4.98 Å².